The van der Waals surface area contributed by atoms with Gasteiger partial charge in [0.1, 0.15) is 5.75 Å². The van der Waals surface area contributed by atoms with Crippen LogP contribution in [0.1, 0.15) is 11.1 Å². The van der Waals surface area contributed by atoms with Crippen LogP contribution in [0.2, 0.25) is 0 Å². The van der Waals surface area contributed by atoms with Crippen LogP contribution in [0.15, 0.2) is 47.3 Å². The van der Waals surface area contributed by atoms with E-state index in [1.54, 1.807) is 19.6 Å². The molecule has 0 aliphatic heterocycles. The lowest BCUT2D eigenvalue weighted by Gasteiger charge is -2.06. The first-order valence-electron chi connectivity index (χ1n) is 6.18. The molecule has 4 nitrogen and oxygen atoms in total. The number of hydrogen-bond acceptors (Lipinski definition) is 3. The van der Waals surface area contributed by atoms with Crippen molar-refractivity contribution in [2.45, 2.75) is 12.8 Å². The Morgan fingerprint density at radius 2 is 2.21 bits per heavy atom. The quantitative estimate of drug-likeness (QED) is 0.865. The summed E-state index contributed by atoms with van der Waals surface area (Å²) in [5.74, 6) is 0.778. The highest BCUT2D eigenvalue weighted by Crippen LogP contribution is 2.12. The lowest BCUT2D eigenvalue weighted by atomic mass is 10.1. The number of carbonyl (C=O) groups excluding carboxylic acids is 1. The molecule has 2 rings (SSSR count). The smallest absolute Gasteiger partial charge is 0.224 e. The van der Waals surface area contributed by atoms with Gasteiger partial charge in [0.2, 0.25) is 5.91 Å². The SMILES string of the molecule is COc1cccc(CC(=O)NCCc2ccoc2)c1. The maximum absolute atomic E-state index is 11.8. The normalized spacial score (nSPS) is 10.2. The average molecular weight is 259 g/mol. The van der Waals surface area contributed by atoms with Crippen molar-refractivity contribution in [2.24, 2.45) is 0 Å². The molecule has 1 aromatic carbocycles. The summed E-state index contributed by atoms with van der Waals surface area (Å²) in [5, 5.41) is 2.89. The van der Waals surface area contributed by atoms with Crippen LogP contribution >= 0.6 is 0 Å². The average Bonchev–Trinajstić information content (AvgIpc) is 2.92. The van der Waals surface area contributed by atoms with Gasteiger partial charge in [-0.05, 0) is 35.7 Å². The lowest BCUT2D eigenvalue weighted by molar-refractivity contribution is -0.120. The zero-order valence-electron chi connectivity index (χ0n) is 10.9. The first kappa shape index (κ1) is 13.2. The van der Waals surface area contributed by atoms with E-state index in [2.05, 4.69) is 5.32 Å². The molecular formula is C15H17NO3. The molecule has 4 heteroatoms. The first-order valence-corrected chi connectivity index (χ1v) is 6.18. The topological polar surface area (TPSA) is 51.5 Å². The summed E-state index contributed by atoms with van der Waals surface area (Å²) in [6.45, 7) is 0.613. The van der Waals surface area contributed by atoms with Crippen LogP contribution < -0.4 is 10.1 Å². The van der Waals surface area contributed by atoms with E-state index in [-0.39, 0.29) is 5.91 Å². The maximum atomic E-state index is 11.8. The molecule has 19 heavy (non-hydrogen) atoms. The van der Waals surface area contributed by atoms with Crippen LogP contribution in [0.5, 0.6) is 5.75 Å². The maximum Gasteiger partial charge on any atom is 0.224 e. The van der Waals surface area contributed by atoms with Gasteiger partial charge < -0.3 is 14.5 Å². The van der Waals surface area contributed by atoms with E-state index in [9.17, 15) is 4.79 Å². The molecule has 0 saturated carbocycles. The van der Waals surface area contributed by atoms with Gasteiger partial charge in [-0.1, -0.05) is 12.1 Å². The monoisotopic (exact) mass is 259 g/mol. The summed E-state index contributed by atoms with van der Waals surface area (Å²) in [4.78, 5) is 11.8. The molecule has 0 fully saturated rings. The summed E-state index contributed by atoms with van der Waals surface area (Å²) in [7, 11) is 1.62. The highest BCUT2D eigenvalue weighted by atomic mass is 16.5. The van der Waals surface area contributed by atoms with Crippen molar-refractivity contribution in [3.05, 3.63) is 54.0 Å². The number of methoxy groups -OCH3 is 1. The number of benzene rings is 1. The van der Waals surface area contributed by atoms with Crippen molar-refractivity contribution < 1.29 is 13.9 Å². The number of rotatable bonds is 6. The van der Waals surface area contributed by atoms with Crippen molar-refractivity contribution in [1.82, 2.24) is 5.32 Å². The van der Waals surface area contributed by atoms with Crippen molar-refractivity contribution in [3.8, 4) is 5.75 Å². The molecule has 0 aliphatic rings. The molecular weight excluding hydrogens is 242 g/mol. The molecule has 0 saturated heterocycles. The number of nitrogens with one attached hydrogen (secondary N) is 1. The third-order valence-electron chi connectivity index (χ3n) is 2.81. The molecule has 1 N–H and O–H groups in total. The van der Waals surface area contributed by atoms with Crippen LogP contribution in [0, 0.1) is 0 Å². The Morgan fingerprint density at radius 1 is 1.32 bits per heavy atom. The van der Waals surface area contributed by atoms with Gasteiger partial charge in [-0.25, -0.2) is 0 Å². The Labute approximate surface area is 112 Å². The third kappa shape index (κ3) is 4.17. The molecule has 100 valence electrons. The highest BCUT2D eigenvalue weighted by molar-refractivity contribution is 5.78. The van der Waals surface area contributed by atoms with Crippen molar-refractivity contribution >= 4 is 5.91 Å². The van der Waals surface area contributed by atoms with Gasteiger partial charge in [0.25, 0.3) is 0 Å². The van der Waals surface area contributed by atoms with Gasteiger partial charge in [0.15, 0.2) is 0 Å². The van der Waals surface area contributed by atoms with Crippen molar-refractivity contribution in [3.63, 3.8) is 0 Å². The Balaban J connectivity index is 1.77. The van der Waals surface area contributed by atoms with Gasteiger partial charge in [0, 0.05) is 6.54 Å². The molecule has 0 radical (unpaired) electrons. The van der Waals surface area contributed by atoms with Gasteiger partial charge in [0.05, 0.1) is 26.1 Å². The van der Waals surface area contributed by atoms with E-state index in [0.717, 1.165) is 23.3 Å². The van der Waals surface area contributed by atoms with E-state index in [0.29, 0.717) is 13.0 Å². The van der Waals surface area contributed by atoms with Crippen molar-refractivity contribution in [2.75, 3.05) is 13.7 Å². The van der Waals surface area contributed by atoms with E-state index in [1.165, 1.54) is 0 Å². The predicted molar refractivity (Wildman–Crippen MR) is 72.1 cm³/mol. The van der Waals surface area contributed by atoms with E-state index in [4.69, 9.17) is 9.15 Å². The van der Waals surface area contributed by atoms with Gasteiger partial charge >= 0.3 is 0 Å². The fraction of sp³-hybridized carbons (Fsp3) is 0.267. The van der Waals surface area contributed by atoms with Crippen LogP contribution in [-0.2, 0) is 17.6 Å². The zero-order valence-corrected chi connectivity index (χ0v) is 10.9. The Bertz CT molecular complexity index is 520. The van der Waals surface area contributed by atoms with Gasteiger partial charge in [-0.2, -0.15) is 0 Å². The molecule has 1 amide bonds. The van der Waals surface area contributed by atoms with Crippen LogP contribution in [0.4, 0.5) is 0 Å². The van der Waals surface area contributed by atoms with Gasteiger partial charge in [-0.3, -0.25) is 4.79 Å². The molecule has 1 heterocycles. The minimum absolute atomic E-state index is 0.0109. The third-order valence-corrected chi connectivity index (χ3v) is 2.81. The summed E-state index contributed by atoms with van der Waals surface area (Å²) in [5.41, 5.74) is 2.03. The largest absolute Gasteiger partial charge is 0.497 e. The second-order valence-electron chi connectivity index (χ2n) is 4.26. The van der Waals surface area contributed by atoms with E-state index in [1.807, 2.05) is 30.3 Å². The summed E-state index contributed by atoms with van der Waals surface area (Å²) >= 11 is 0. The molecule has 0 unspecified atom stereocenters. The fourth-order valence-electron chi connectivity index (χ4n) is 1.81. The Kier molecular flexibility index (Phi) is 4.61. The number of furan rings is 1. The van der Waals surface area contributed by atoms with Crippen molar-refractivity contribution in [1.29, 1.82) is 0 Å². The molecule has 1 aromatic heterocycles. The van der Waals surface area contributed by atoms with Crippen LogP contribution in [0.3, 0.4) is 0 Å². The lowest BCUT2D eigenvalue weighted by Crippen LogP contribution is -2.27. The first-order chi connectivity index (χ1) is 9.28. The molecule has 0 spiro atoms. The minimum Gasteiger partial charge on any atom is -0.497 e. The second-order valence-corrected chi connectivity index (χ2v) is 4.26. The van der Waals surface area contributed by atoms with E-state index >= 15 is 0 Å². The molecule has 0 bridgehead atoms. The van der Waals surface area contributed by atoms with Crippen LogP contribution in [-0.4, -0.2) is 19.6 Å². The molecule has 0 atom stereocenters. The van der Waals surface area contributed by atoms with Gasteiger partial charge in [-0.15, -0.1) is 0 Å². The Morgan fingerprint density at radius 3 is 2.95 bits per heavy atom. The van der Waals surface area contributed by atoms with E-state index < -0.39 is 0 Å². The predicted octanol–water partition coefficient (Wildman–Crippen LogP) is 2.19. The summed E-state index contributed by atoms with van der Waals surface area (Å²) in [6.07, 6.45) is 4.46. The Hall–Kier alpha value is -2.23. The zero-order chi connectivity index (χ0) is 13.5. The number of ether oxygens (including phenoxy) is 1. The highest BCUT2D eigenvalue weighted by Gasteiger charge is 2.04. The fourth-order valence-corrected chi connectivity index (χ4v) is 1.81. The second kappa shape index (κ2) is 6.64. The molecule has 0 aliphatic carbocycles. The number of amides is 1. The van der Waals surface area contributed by atoms with Crippen LogP contribution in [0.25, 0.3) is 0 Å². The standard InChI is InChI=1S/C15H17NO3/c1-18-14-4-2-3-13(9-14)10-15(17)16-7-5-12-6-8-19-11-12/h2-4,6,8-9,11H,5,7,10H2,1H3,(H,16,17). The number of carbonyl (C=O) groups is 1. The summed E-state index contributed by atoms with van der Waals surface area (Å²) < 4.78 is 10.1. The summed E-state index contributed by atoms with van der Waals surface area (Å²) in [6, 6.07) is 9.43. The minimum atomic E-state index is 0.0109. The number of hydrogen-bond donors (Lipinski definition) is 1. The molecule has 2 aromatic rings.